The summed E-state index contributed by atoms with van der Waals surface area (Å²) in [5.41, 5.74) is 2.54. The second kappa shape index (κ2) is 3.12. The summed E-state index contributed by atoms with van der Waals surface area (Å²) >= 11 is 0. The van der Waals surface area contributed by atoms with Gasteiger partial charge in [0.1, 0.15) is 0 Å². The average Bonchev–Trinajstić information content (AvgIpc) is 2.33. The predicted octanol–water partition coefficient (Wildman–Crippen LogP) is -1.18. The number of nitrogens with zero attached hydrogens (tertiary/aromatic N) is 1. The molecule has 4 nitrogen and oxygen atoms in total. The van der Waals surface area contributed by atoms with E-state index < -0.39 is 0 Å². The van der Waals surface area contributed by atoms with Crippen LogP contribution in [-0.2, 0) is 0 Å². The Morgan fingerprint density at radius 2 is 2.56 bits per heavy atom. The normalized spacial score (nSPS) is 29.3. The molecule has 0 aromatic rings. The van der Waals surface area contributed by atoms with Crippen molar-refractivity contribution in [3.63, 3.8) is 0 Å². The molecule has 1 aliphatic rings. The first kappa shape index (κ1) is 6.95. The van der Waals surface area contributed by atoms with E-state index in [1.807, 2.05) is 5.01 Å². The highest BCUT2D eigenvalue weighted by Crippen LogP contribution is 2.12. The Labute approximate surface area is 54.6 Å². The second-order valence-corrected chi connectivity index (χ2v) is 2.30. The number of hydrogen-bond donors (Lipinski definition) is 3. The smallest absolute Gasteiger partial charge is 0.0601 e. The summed E-state index contributed by atoms with van der Waals surface area (Å²) in [5, 5.41) is 10.6. The molecule has 1 unspecified atom stereocenters. The molecule has 1 fully saturated rings. The second-order valence-electron chi connectivity index (χ2n) is 2.30. The standard InChI is InChI=1S/C5H13N3O/c6-7-8-3-1-2-5(8)4-9/h5,7,9H,1-4,6H2. The molecule has 4 heteroatoms. The first-order valence-corrected chi connectivity index (χ1v) is 3.22. The summed E-state index contributed by atoms with van der Waals surface area (Å²) in [6.07, 6.45) is 2.16. The van der Waals surface area contributed by atoms with Gasteiger partial charge in [0, 0.05) is 12.6 Å². The SMILES string of the molecule is NNN1CCCC1CO. The van der Waals surface area contributed by atoms with Crippen molar-refractivity contribution >= 4 is 0 Å². The lowest BCUT2D eigenvalue weighted by Gasteiger charge is -2.19. The molecule has 0 aromatic heterocycles. The van der Waals surface area contributed by atoms with E-state index in [0.717, 1.165) is 19.4 Å². The van der Waals surface area contributed by atoms with Crippen molar-refractivity contribution in [2.75, 3.05) is 13.2 Å². The molecule has 0 bridgehead atoms. The minimum absolute atomic E-state index is 0.199. The Balaban J connectivity index is 2.32. The molecule has 0 aliphatic carbocycles. The van der Waals surface area contributed by atoms with Crippen LogP contribution in [0.15, 0.2) is 0 Å². The first-order valence-electron chi connectivity index (χ1n) is 3.22. The predicted molar refractivity (Wildman–Crippen MR) is 34.1 cm³/mol. The number of hydrogen-bond acceptors (Lipinski definition) is 4. The third-order valence-corrected chi connectivity index (χ3v) is 1.75. The fourth-order valence-electron chi connectivity index (χ4n) is 1.20. The highest BCUT2D eigenvalue weighted by Gasteiger charge is 2.21. The van der Waals surface area contributed by atoms with E-state index in [4.69, 9.17) is 10.9 Å². The van der Waals surface area contributed by atoms with Crippen molar-refractivity contribution in [2.24, 2.45) is 5.84 Å². The fraction of sp³-hybridized carbons (Fsp3) is 1.00. The Morgan fingerprint density at radius 3 is 3.00 bits per heavy atom. The minimum Gasteiger partial charge on any atom is -0.395 e. The molecule has 1 heterocycles. The van der Waals surface area contributed by atoms with Gasteiger partial charge in [0.25, 0.3) is 0 Å². The lowest BCUT2D eigenvalue weighted by Crippen LogP contribution is -2.47. The van der Waals surface area contributed by atoms with E-state index in [0.29, 0.717) is 0 Å². The van der Waals surface area contributed by atoms with Crippen LogP contribution >= 0.6 is 0 Å². The van der Waals surface area contributed by atoms with Gasteiger partial charge in [-0.15, -0.1) is 0 Å². The zero-order chi connectivity index (χ0) is 6.69. The highest BCUT2D eigenvalue weighted by molar-refractivity contribution is 4.73. The largest absolute Gasteiger partial charge is 0.395 e. The van der Waals surface area contributed by atoms with Crippen LogP contribution in [0, 0.1) is 0 Å². The van der Waals surface area contributed by atoms with Crippen molar-refractivity contribution in [2.45, 2.75) is 18.9 Å². The lowest BCUT2D eigenvalue weighted by atomic mass is 10.2. The van der Waals surface area contributed by atoms with Crippen molar-refractivity contribution in [1.29, 1.82) is 0 Å². The Kier molecular flexibility index (Phi) is 2.41. The van der Waals surface area contributed by atoms with E-state index in [-0.39, 0.29) is 12.6 Å². The van der Waals surface area contributed by atoms with Gasteiger partial charge in [0.2, 0.25) is 0 Å². The lowest BCUT2D eigenvalue weighted by molar-refractivity contribution is 0.113. The molecular formula is C5H13N3O. The molecule has 9 heavy (non-hydrogen) atoms. The molecule has 54 valence electrons. The molecule has 0 saturated carbocycles. The van der Waals surface area contributed by atoms with Gasteiger partial charge in [-0.2, -0.15) is 5.53 Å². The van der Waals surface area contributed by atoms with Crippen LogP contribution in [0.3, 0.4) is 0 Å². The van der Waals surface area contributed by atoms with Gasteiger partial charge < -0.3 is 5.11 Å². The van der Waals surface area contributed by atoms with E-state index in [1.54, 1.807) is 0 Å². The Hall–Kier alpha value is -0.160. The van der Waals surface area contributed by atoms with Crippen molar-refractivity contribution in [1.82, 2.24) is 10.5 Å². The monoisotopic (exact) mass is 131 g/mol. The zero-order valence-corrected chi connectivity index (χ0v) is 5.38. The third kappa shape index (κ3) is 1.40. The van der Waals surface area contributed by atoms with Gasteiger partial charge in [0.15, 0.2) is 0 Å². The molecule has 0 spiro atoms. The number of nitrogens with two attached hydrogens (primary N) is 1. The van der Waals surface area contributed by atoms with E-state index in [1.165, 1.54) is 0 Å². The summed E-state index contributed by atoms with van der Waals surface area (Å²) < 4.78 is 0. The van der Waals surface area contributed by atoms with Gasteiger partial charge in [-0.3, -0.25) is 5.84 Å². The summed E-state index contributed by atoms with van der Waals surface area (Å²) in [6.45, 7) is 1.14. The van der Waals surface area contributed by atoms with Crippen LogP contribution in [0.5, 0.6) is 0 Å². The summed E-state index contributed by atoms with van der Waals surface area (Å²) in [6, 6.07) is 0.231. The minimum atomic E-state index is 0.199. The summed E-state index contributed by atoms with van der Waals surface area (Å²) in [7, 11) is 0. The van der Waals surface area contributed by atoms with E-state index in [2.05, 4.69) is 5.53 Å². The Morgan fingerprint density at radius 1 is 1.78 bits per heavy atom. The zero-order valence-electron chi connectivity index (χ0n) is 5.38. The molecule has 1 rings (SSSR count). The Bertz CT molecular complexity index is 78.3. The van der Waals surface area contributed by atoms with Crippen molar-refractivity contribution in [3.8, 4) is 0 Å². The van der Waals surface area contributed by atoms with Crippen molar-refractivity contribution < 1.29 is 5.11 Å². The van der Waals surface area contributed by atoms with Crippen molar-refractivity contribution in [3.05, 3.63) is 0 Å². The summed E-state index contributed by atoms with van der Waals surface area (Å²) in [4.78, 5) is 0. The highest BCUT2D eigenvalue weighted by atomic mass is 16.3. The van der Waals surface area contributed by atoms with Gasteiger partial charge in [-0.25, -0.2) is 5.01 Å². The van der Waals surface area contributed by atoms with E-state index in [9.17, 15) is 0 Å². The number of nitrogens with one attached hydrogen (secondary N) is 1. The van der Waals surface area contributed by atoms with Gasteiger partial charge in [-0.1, -0.05) is 0 Å². The van der Waals surface area contributed by atoms with Crippen LogP contribution in [0.1, 0.15) is 12.8 Å². The van der Waals surface area contributed by atoms with Gasteiger partial charge >= 0.3 is 0 Å². The van der Waals surface area contributed by atoms with Crippen LogP contribution in [0.2, 0.25) is 0 Å². The molecule has 4 N–H and O–H groups in total. The number of hydrazine groups is 2. The van der Waals surface area contributed by atoms with Crippen LogP contribution in [-0.4, -0.2) is 29.3 Å². The van der Waals surface area contributed by atoms with Crippen LogP contribution < -0.4 is 11.4 Å². The maximum Gasteiger partial charge on any atom is 0.0601 e. The van der Waals surface area contributed by atoms with Crippen LogP contribution in [0.25, 0.3) is 0 Å². The first-order chi connectivity index (χ1) is 4.38. The third-order valence-electron chi connectivity index (χ3n) is 1.75. The molecule has 1 saturated heterocycles. The molecule has 1 aliphatic heterocycles. The summed E-state index contributed by atoms with van der Waals surface area (Å²) in [5.74, 6) is 5.16. The quantitative estimate of drug-likeness (QED) is 0.326. The maximum atomic E-state index is 8.73. The molecular weight excluding hydrogens is 118 g/mol. The van der Waals surface area contributed by atoms with Gasteiger partial charge in [0.05, 0.1) is 6.61 Å². The van der Waals surface area contributed by atoms with Crippen LogP contribution in [0.4, 0.5) is 0 Å². The number of aliphatic hydroxyl groups is 1. The number of aliphatic hydroxyl groups excluding tert-OH is 1. The molecule has 0 radical (unpaired) electrons. The fourth-order valence-corrected chi connectivity index (χ4v) is 1.20. The molecule has 0 aromatic carbocycles. The average molecular weight is 131 g/mol. The van der Waals surface area contributed by atoms with E-state index >= 15 is 0 Å². The topological polar surface area (TPSA) is 61.5 Å². The maximum absolute atomic E-state index is 8.73. The number of rotatable bonds is 2. The molecule has 0 amide bonds. The van der Waals surface area contributed by atoms with Gasteiger partial charge in [-0.05, 0) is 12.8 Å². The molecule has 1 atom stereocenters.